The number of nitrogens with zero attached hydrogens (tertiary/aromatic N) is 2. The van der Waals surface area contributed by atoms with Crippen LogP contribution in [0.3, 0.4) is 0 Å². The first-order valence-electron chi connectivity index (χ1n) is 10.6. The number of thioether (sulfide) groups is 1. The van der Waals surface area contributed by atoms with Gasteiger partial charge in [-0.1, -0.05) is 38.1 Å². The molecule has 0 saturated carbocycles. The van der Waals surface area contributed by atoms with Crippen LogP contribution < -0.4 is 5.32 Å². The molecule has 1 aromatic carbocycles. The minimum absolute atomic E-state index is 0.00196. The Morgan fingerprint density at radius 3 is 2.69 bits per heavy atom. The fraction of sp³-hybridized carbons (Fsp3) is 0.565. The second kappa shape index (κ2) is 10.3. The quantitative estimate of drug-likeness (QED) is 0.630. The fourth-order valence-corrected chi connectivity index (χ4v) is 4.78. The van der Waals surface area contributed by atoms with Gasteiger partial charge < -0.3 is 9.84 Å². The highest BCUT2D eigenvalue weighted by molar-refractivity contribution is 7.98. The summed E-state index contributed by atoms with van der Waals surface area (Å²) in [5.41, 5.74) is 1.60. The van der Waals surface area contributed by atoms with Crippen LogP contribution in [0.1, 0.15) is 55.4 Å². The Morgan fingerprint density at radius 2 is 2.03 bits per heavy atom. The number of carbonyl (C=O) groups excluding carboxylic acids is 1. The van der Waals surface area contributed by atoms with Crippen LogP contribution in [-0.4, -0.2) is 41.6 Å². The van der Waals surface area contributed by atoms with Crippen molar-refractivity contribution in [2.75, 3.05) is 19.6 Å². The van der Waals surface area contributed by atoms with Crippen LogP contribution in [0, 0.1) is 18.8 Å². The highest BCUT2D eigenvalue weighted by Crippen LogP contribution is 2.27. The smallest absolute Gasteiger partial charge is 0.252 e. The van der Waals surface area contributed by atoms with E-state index in [-0.39, 0.29) is 5.91 Å². The Hall–Kier alpha value is -1.79. The molecule has 2 heterocycles. The lowest BCUT2D eigenvalue weighted by Gasteiger charge is -2.39. The summed E-state index contributed by atoms with van der Waals surface area (Å²) in [6.07, 6.45) is 2.50. The van der Waals surface area contributed by atoms with Gasteiger partial charge in [0.1, 0.15) is 5.76 Å². The van der Waals surface area contributed by atoms with Crippen LogP contribution in [-0.2, 0) is 5.75 Å². The van der Waals surface area contributed by atoms with E-state index < -0.39 is 0 Å². The second-order valence-electron chi connectivity index (χ2n) is 8.46. The molecule has 5 nitrogen and oxygen atoms in total. The summed E-state index contributed by atoms with van der Waals surface area (Å²) in [5.74, 6) is 2.79. The second-order valence-corrected chi connectivity index (χ2v) is 9.48. The molecular formula is C23H33N3O2S. The van der Waals surface area contributed by atoms with Gasteiger partial charge in [-0.05, 0) is 56.8 Å². The number of aromatic nitrogens is 1. The number of likely N-dealkylation sites (tertiary alicyclic amines) is 1. The highest BCUT2D eigenvalue weighted by Gasteiger charge is 2.26. The number of nitrogens with one attached hydrogen (secondary N) is 1. The summed E-state index contributed by atoms with van der Waals surface area (Å²) in [6.45, 7) is 11.7. The third-order valence-corrected chi connectivity index (χ3v) is 6.80. The molecule has 1 unspecified atom stereocenters. The summed E-state index contributed by atoms with van der Waals surface area (Å²) < 4.78 is 5.29. The first kappa shape index (κ1) is 21.9. The van der Waals surface area contributed by atoms with E-state index in [4.69, 9.17) is 4.52 Å². The number of carbonyl (C=O) groups is 1. The van der Waals surface area contributed by atoms with E-state index in [1.54, 1.807) is 11.8 Å². The van der Waals surface area contributed by atoms with E-state index in [9.17, 15) is 4.79 Å². The molecule has 29 heavy (non-hydrogen) atoms. The number of benzene rings is 1. The van der Waals surface area contributed by atoms with Crippen molar-refractivity contribution in [3.63, 3.8) is 0 Å². The number of piperidine rings is 1. The lowest BCUT2D eigenvalue weighted by molar-refractivity contribution is 0.0860. The molecule has 6 heteroatoms. The third-order valence-electron chi connectivity index (χ3n) is 5.71. The van der Waals surface area contributed by atoms with Crippen LogP contribution in [0.4, 0.5) is 0 Å². The fourth-order valence-electron chi connectivity index (χ4n) is 3.85. The van der Waals surface area contributed by atoms with Gasteiger partial charge in [0.05, 0.1) is 17.0 Å². The molecule has 2 aromatic rings. The van der Waals surface area contributed by atoms with Crippen molar-refractivity contribution in [1.82, 2.24) is 15.4 Å². The maximum Gasteiger partial charge on any atom is 0.252 e. The van der Waals surface area contributed by atoms with Gasteiger partial charge in [-0.15, -0.1) is 11.8 Å². The predicted octanol–water partition coefficient (Wildman–Crippen LogP) is 4.76. The Bertz CT molecular complexity index is 797. The highest BCUT2D eigenvalue weighted by atomic mass is 32.2. The van der Waals surface area contributed by atoms with E-state index in [2.05, 4.69) is 36.1 Å². The number of aryl methyl sites for hydroxylation is 1. The van der Waals surface area contributed by atoms with Crippen molar-refractivity contribution >= 4 is 17.7 Å². The standard InChI is InChI=1S/C23H33N3O2S/c1-16(2)21(26-11-9-17(3)10-12-26)14-24-23(27)20-7-5-6-8-22(20)29-15-19-13-18(4)25-28-19/h5-8,13,16-17,21H,9-12,14-15H2,1-4H3,(H,24,27). The molecule has 3 rings (SSSR count). The van der Waals surface area contributed by atoms with Crippen molar-refractivity contribution in [3.05, 3.63) is 47.3 Å². The summed E-state index contributed by atoms with van der Waals surface area (Å²) >= 11 is 1.61. The maximum atomic E-state index is 13.0. The summed E-state index contributed by atoms with van der Waals surface area (Å²) in [4.78, 5) is 16.5. The minimum atomic E-state index is -0.00196. The van der Waals surface area contributed by atoms with Crippen molar-refractivity contribution in [1.29, 1.82) is 0 Å². The van der Waals surface area contributed by atoms with E-state index in [1.807, 2.05) is 37.3 Å². The van der Waals surface area contributed by atoms with Crippen molar-refractivity contribution in [3.8, 4) is 0 Å². The van der Waals surface area contributed by atoms with Crippen molar-refractivity contribution < 1.29 is 9.32 Å². The third kappa shape index (κ3) is 6.09. The molecule has 1 amide bonds. The molecule has 158 valence electrons. The molecule has 1 N–H and O–H groups in total. The molecule has 0 bridgehead atoms. The summed E-state index contributed by atoms with van der Waals surface area (Å²) in [5, 5.41) is 7.13. The van der Waals surface area contributed by atoms with Gasteiger partial charge in [0.2, 0.25) is 0 Å². The van der Waals surface area contributed by atoms with Crippen LogP contribution in [0.25, 0.3) is 0 Å². The van der Waals surface area contributed by atoms with Gasteiger partial charge in [0.15, 0.2) is 0 Å². The maximum absolute atomic E-state index is 13.0. The zero-order chi connectivity index (χ0) is 20.8. The van der Waals surface area contributed by atoms with Gasteiger partial charge in [-0.2, -0.15) is 0 Å². The minimum Gasteiger partial charge on any atom is -0.360 e. The topological polar surface area (TPSA) is 58.4 Å². The largest absolute Gasteiger partial charge is 0.360 e. The molecular weight excluding hydrogens is 382 g/mol. The van der Waals surface area contributed by atoms with E-state index in [0.717, 1.165) is 40.9 Å². The first-order chi connectivity index (χ1) is 13.9. The average molecular weight is 416 g/mol. The van der Waals surface area contributed by atoms with Gasteiger partial charge in [-0.3, -0.25) is 9.69 Å². The molecule has 1 fully saturated rings. The predicted molar refractivity (Wildman–Crippen MR) is 118 cm³/mol. The average Bonchev–Trinajstić information content (AvgIpc) is 3.13. The molecule has 0 radical (unpaired) electrons. The van der Waals surface area contributed by atoms with E-state index in [1.165, 1.54) is 12.8 Å². The number of hydrogen-bond donors (Lipinski definition) is 1. The molecule has 0 aliphatic carbocycles. The van der Waals surface area contributed by atoms with Gasteiger partial charge in [0.25, 0.3) is 5.91 Å². The SMILES string of the molecule is Cc1cc(CSc2ccccc2C(=O)NCC(C(C)C)N2CCC(C)CC2)on1. The van der Waals surface area contributed by atoms with Crippen LogP contribution >= 0.6 is 11.8 Å². The van der Waals surface area contributed by atoms with E-state index >= 15 is 0 Å². The first-order valence-corrected chi connectivity index (χ1v) is 11.6. The van der Waals surface area contributed by atoms with E-state index in [0.29, 0.717) is 24.3 Å². The molecule has 1 aromatic heterocycles. The molecule has 1 aliphatic rings. The zero-order valence-corrected chi connectivity index (χ0v) is 18.8. The zero-order valence-electron chi connectivity index (χ0n) is 18.0. The Balaban J connectivity index is 1.60. The molecule has 1 saturated heterocycles. The summed E-state index contributed by atoms with van der Waals surface area (Å²) in [7, 11) is 0. The Labute approximate surface area is 178 Å². The van der Waals surface area contributed by atoms with Crippen molar-refractivity contribution in [2.45, 2.75) is 57.2 Å². The van der Waals surface area contributed by atoms with Crippen LogP contribution in [0.2, 0.25) is 0 Å². The van der Waals surface area contributed by atoms with Gasteiger partial charge >= 0.3 is 0 Å². The van der Waals surface area contributed by atoms with Gasteiger partial charge in [-0.25, -0.2) is 0 Å². The normalized spacial score (nSPS) is 16.9. The lowest BCUT2D eigenvalue weighted by atomic mass is 9.94. The van der Waals surface area contributed by atoms with Crippen LogP contribution in [0.15, 0.2) is 39.8 Å². The lowest BCUT2D eigenvalue weighted by Crippen LogP contribution is -2.49. The number of rotatable bonds is 8. The Morgan fingerprint density at radius 1 is 1.31 bits per heavy atom. The molecule has 0 spiro atoms. The Kier molecular flexibility index (Phi) is 7.78. The van der Waals surface area contributed by atoms with Crippen LogP contribution in [0.5, 0.6) is 0 Å². The molecule has 1 atom stereocenters. The number of hydrogen-bond acceptors (Lipinski definition) is 5. The van der Waals surface area contributed by atoms with Gasteiger partial charge in [0, 0.05) is 23.5 Å². The summed E-state index contributed by atoms with van der Waals surface area (Å²) in [6, 6.07) is 10.1. The molecule has 1 aliphatic heterocycles. The number of amides is 1. The monoisotopic (exact) mass is 415 g/mol. The van der Waals surface area contributed by atoms with Crippen molar-refractivity contribution in [2.24, 2.45) is 11.8 Å².